The van der Waals surface area contributed by atoms with Gasteiger partial charge in [0.2, 0.25) is 0 Å². The van der Waals surface area contributed by atoms with E-state index < -0.39 is 0 Å². The van der Waals surface area contributed by atoms with Crippen LogP contribution in [0.5, 0.6) is 0 Å². The van der Waals surface area contributed by atoms with E-state index in [1.54, 1.807) is 6.08 Å². The highest BCUT2D eigenvalue weighted by molar-refractivity contribution is 5.91. The maximum atomic E-state index is 5.74. The van der Waals surface area contributed by atoms with Crippen LogP contribution in [0, 0.1) is 6.92 Å². The minimum absolute atomic E-state index is 0.849. The molecule has 0 saturated heterocycles. The first-order valence-corrected chi connectivity index (χ1v) is 6.42. The van der Waals surface area contributed by atoms with E-state index in [-0.39, 0.29) is 0 Å². The van der Waals surface area contributed by atoms with E-state index in [4.69, 9.17) is 4.42 Å². The van der Waals surface area contributed by atoms with Gasteiger partial charge in [-0.25, -0.2) is 0 Å². The van der Waals surface area contributed by atoms with Gasteiger partial charge in [-0.1, -0.05) is 43.7 Å². The van der Waals surface area contributed by atoms with E-state index in [1.807, 2.05) is 19.9 Å². The molecule has 0 aliphatic carbocycles. The molecule has 2 aromatic rings. The Morgan fingerprint density at radius 2 is 1.89 bits per heavy atom. The Bertz CT molecular complexity index is 567. The molecule has 0 unspecified atom stereocenters. The second-order valence-electron chi connectivity index (χ2n) is 4.31. The molecule has 0 atom stereocenters. The van der Waals surface area contributed by atoms with E-state index >= 15 is 0 Å². The Kier molecular flexibility index (Phi) is 4.96. The lowest BCUT2D eigenvalue weighted by Crippen LogP contribution is -1.76. The van der Waals surface area contributed by atoms with Crippen molar-refractivity contribution in [3.05, 3.63) is 47.2 Å². The fraction of sp³-hybridized carbons (Fsp3) is 0.294. The highest BCUT2D eigenvalue weighted by atomic mass is 16.3. The summed E-state index contributed by atoms with van der Waals surface area (Å²) in [6, 6.07) is 6.23. The number of rotatable bonds is 2. The maximum Gasteiger partial charge on any atom is 0.135 e. The van der Waals surface area contributed by atoms with Crippen molar-refractivity contribution in [1.29, 1.82) is 0 Å². The highest BCUT2D eigenvalue weighted by Gasteiger charge is 2.09. The smallest absolute Gasteiger partial charge is 0.135 e. The van der Waals surface area contributed by atoms with Gasteiger partial charge in [0.15, 0.2) is 0 Å². The van der Waals surface area contributed by atoms with Crippen molar-refractivity contribution in [2.45, 2.75) is 34.6 Å². The molecule has 0 saturated carbocycles. The summed E-state index contributed by atoms with van der Waals surface area (Å²) in [5.41, 5.74) is 4.56. The molecule has 18 heavy (non-hydrogen) atoms. The van der Waals surface area contributed by atoms with Crippen molar-refractivity contribution in [3.8, 4) is 0 Å². The third-order valence-electron chi connectivity index (χ3n) is 2.53. The normalized spacial score (nSPS) is 9.61. The number of fused-ring (bicyclic) bond motifs is 1. The van der Waals surface area contributed by atoms with Gasteiger partial charge in [-0.3, -0.25) is 0 Å². The molecule has 1 nitrogen and oxygen atoms in total. The minimum atomic E-state index is 0.849. The van der Waals surface area contributed by atoms with Crippen LogP contribution in [0.1, 0.15) is 44.6 Å². The number of aryl methyl sites for hydroxylation is 1. The minimum Gasteiger partial charge on any atom is -0.456 e. The van der Waals surface area contributed by atoms with Crippen molar-refractivity contribution in [2.24, 2.45) is 0 Å². The molecule has 0 aliphatic heterocycles. The molecular formula is C17H22O. The van der Waals surface area contributed by atoms with Crippen LogP contribution in [0.4, 0.5) is 0 Å². The van der Waals surface area contributed by atoms with E-state index in [2.05, 4.69) is 45.6 Å². The zero-order valence-corrected chi connectivity index (χ0v) is 12.0. The lowest BCUT2D eigenvalue weighted by atomic mass is 10.1. The summed E-state index contributed by atoms with van der Waals surface area (Å²) in [7, 11) is 0. The number of benzene rings is 1. The molecule has 1 aromatic carbocycles. The molecular weight excluding hydrogens is 220 g/mol. The third kappa shape index (κ3) is 2.92. The second-order valence-corrected chi connectivity index (χ2v) is 4.31. The molecule has 96 valence electrons. The Morgan fingerprint density at radius 3 is 2.44 bits per heavy atom. The van der Waals surface area contributed by atoms with Crippen molar-refractivity contribution >= 4 is 23.1 Å². The summed E-state index contributed by atoms with van der Waals surface area (Å²) in [4.78, 5) is 0. The van der Waals surface area contributed by atoms with Crippen LogP contribution in [0.2, 0.25) is 0 Å². The monoisotopic (exact) mass is 242 g/mol. The summed E-state index contributed by atoms with van der Waals surface area (Å²) >= 11 is 0. The molecule has 1 heterocycles. The lowest BCUT2D eigenvalue weighted by Gasteiger charge is -1.95. The summed E-state index contributed by atoms with van der Waals surface area (Å²) in [6.45, 7) is 14.1. The molecule has 0 spiro atoms. The molecule has 0 N–H and O–H groups in total. The van der Waals surface area contributed by atoms with Crippen LogP contribution in [0.3, 0.4) is 0 Å². The summed E-state index contributed by atoms with van der Waals surface area (Å²) < 4.78 is 5.74. The number of hydrogen-bond acceptors (Lipinski definition) is 1. The first-order chi connectivity index (χ1) is 8.61. The predicted molar refractivity (Wildman–Crippen MR) is 81.7 cm³/mol. The average Bonchev–Trinajstić information content (AvgIpc) is 2.69. The number of allylic oxidation sites excluding steroid dienone is 1. The van der Waals surface area contributed by atoms with Gasteiger partial charge in [-0.2, -0.15) is 0 Å². The Labute approximate surface area is 110 Å². The molecule has 1 aromatic heterocycles. The van der Waals surface area contributed by atoms with E-state index in [9.17, 15) is 0 Å². The van der Waals surface area contributed by atoms with E-state index in [1.165, 1.54) is 11.1 Å². The van der Waals surface area contributed by atoms with Gasteiger partial charge < -0.3 is 4.42 Å². The molecule has 0 radical (unpaired) electrons. The zero-order valence-electron chi connectivity index (χ0n) is 12.0. The zero-order chi connectivity index (χ0) is 13.7. The van der Waals surface area contributed by atoms with Crippen molar-refractivity contribution in [1.82, 2.24) is 0 Å². The Hall–Kier alpha value is -1.76. The molecule has 0 bridgehead atoms. The van der Waals surface area contributed by atoms with Gasteiger partial charge in [0.05, 0.1) is 0 Å². The van der Waals surface area contributed by atoms with Gasteiger partial charge in [-0.05, 0) is 39.0 Å². The number of hydrogen-bond donors (Lipinski definition) is 0. The van der Waals surface area contributed by atoms with Crippen LogP contribution >= 0.6 is 0 Å². The quantitative estimate of drug-likeness (QED) is 0.645. The van der Waals surface area contributed by atoms with E-state index in [0.717, 1.165) is 22.3 Å². The van der Waals surface area contributed by atoms with Crippen molar-refractivity contribution < 1.29 is 4.42 Å². The first-order valence-electron chi connectivity index (χ1n) is 6.42. The largest absolute Gasteiger partial charge is 0.456 e. The van der Waals surface area contributed by atoms with Gasteiger partial charge in [0.1, 0.15) is 11.3 Å². The molecule has 2 rings (SSSR count). The predicted octanol–water partition coefficient (Wildman–Crippen LogP) is 5.83. The number of furan rings is 1. The highest BCUT2D eigenvalue weighted by Crippen LogP contribution is 2.29. The van der Waals surface area contributed by atoms with Gasteiger partial charge in [-0.15, -0.1) is 0 Å². The SMILES string of the molecule is C=Cc1oc2ccc(C)cc2c1C=C(C)C.CC. The second kappa shape index (κ2) is 6.25. The standard InChI is InChI=1S/C15H16O.C2H6/c1-5-14-12(8-10(2)3)13-9-11(4)6-7-15(13)16-14;1-2/h5-9H,1H2,2-4H3;1-2H3. The van der Waals surface area contributed by atoms with Crippen LogP contribution < -0.4 is 0 Å². The molecule has 0 amide bonds. The van der Waals surface area contributed by atoms with Crippen LogP contribution in [-0.2, 0) is 0 Å². The molecule has 0 fully saturated rings. The van der Waals surface area contributed by atoms with Crippen LogP contribution in [0.25, 0.3) is 23.1 Å². The summed E-state index contributed by atoms with van der Waals surface area (Å²) in [5, 5.41) is 1.16. The summed E-state index contributed by atoms with van der Waals surface area (Å²) in [5.74, 6) is 0.849. The average molecular weight is 242 g/mol. The van der Waals surface area contributed by atoms with Crippen LogP contribution in [0.15, 0.2) is 34.8 Å². The van der Waals surface area contributed by atoms with Crippen molar-refractivity contribution in [2.75, 3.05) is 0 Å². The Balaban J connectivity index is 0.000000771. The summed E-state index contributed by atoms with van der Waals surface area (Å²) in [6.07, 6.45) is 3.91. The fourth-order valence-corrected chi connectivity index (χ4v) is 1.84. The van der Waals surface area contributed by atoms with Gasteiger partial charge in [0.25, 0.3) is 0 Å². The molecule has 0 aliphatic rings. The van der Waals surface area contributed by atoms with Crippen LogP contribution in [-0.4, -0.2) is 0 Å². The van der Waals surface area contributed by atoms with Crippen molar-refractivity contribution in [3.63, 3.8) is 0 Å². The fourth-order valence-electron chi connectivity index (χ4n) is 1.84. The lowest BCUT2D eigenvalue weighted by molar-refractivity contribution is 0.603. The topological polar surface area (TPSA) is 13.1 Å². The maximum absolute atomic E-state index is 5.74. The molecule has 1 heteroatoms. The third-order valence-corrected chi connectivity index (χ3v) is 2.53. The van der Waals surface area contributed by atoms with Gasteiger partial charge >= 0.3 is 0 Å². The van der Waals surface area contributed by atoms with Gasteiger partial charge in [0, 0.05) is 10.9 Å². The first kappa shape index (κ1) is 14.3. The van der Waals surface area contributed by atoms with E-state index in [0.29, 0.717) is 0 Å². The Morgan fingerprint density at radius 1 is 1.22 bits per heavy atom.